The van der Waals surface area contributed by atoms with Crippen LogP contribution < -0.4 is 10.6 Å². The summed E-state index contributed by atoms with van der Waals surface area (Å²) in [5.41, 5.74) is 8.40. The number of nitrogens with zero attached hydrogens (tertiary/aromatic N) is 3. The van der Waals surface area contributed by atoms with Crippen LogP contribution in [-0.4, -0.2) is 16.5 Å². The molecule has 3 heteroatoms. The lowest BCUT2D eigenvalue weighted by Crippen LogP contribution is -2.27. The molecular weight excluding hydrogens is 607 g/mol. The molecule has 7 aromatic carbocycles. The van der Waals surface area contributed by atoms with Gasteiger partial charge in [-0.15, -0.1) is 0 Å². The Balaban J connectivity index is 1.09. The lowest BCUT2D eigenvalue weighted by atomic mass is 9.91. The van der Waals surface area contributed by atoms with E-state index in [2.05, 4.69) is 164 Å². The highest BCUT2D eigenvalue weighted by atomic mass is 14.8. The molecule has 1 aliphatic rings. The Hall–Kier alpha value is -6.45. The fraction of sp³-hybridized carbons (Fsp3) is 0.0426. The second-order valence-electron chi connectivity index (χ2n) is 13.0. The quantitative estimate of drug-likeness (QED) is 0.181. The minimum atomic E-state index is 0.671. The van der Waals surface area contributed by atoms with E-state index in [0.717, 1.165) is 56.1 Å². The van der Waals surface area contributed by atoms with Gasteiger partial charge in [-0.3, -0.25) is 4.99 Å². The van der Waals surface area contributed by atoms with Crippen LogP contribution in [0.15, 0.2) is 169 Å². The second-order valence-corrected chi connectivity index (χ2v) is 13.0. The van der Waals surface area contributed by atoms with E-state index in [1.807, 2.05) is 0 Å². The van der Waals surface area contributed by atoms with Gasteiger partial charge in [0, 0.05) is 27.1 Å². The van der Waals surface area contributed by atoms with Crippen LogP contribution in [0.25, 0.3) is 82.2 Å². The molecule has 0 atom stereocenters. The van der Waals surface area contributed by atoms with Crippen molar-refractivity contribution < 1.29 is 0 Å². The molecule has 0 fully saturated rings. The fourth-order valence-electron chi connectivity index (χ4n) is 7.68. The van der Waals surface area contributed by atoms with Gasteiger partial charge in [0.2, 0.25) is 0 Å². The van der Waals surface area contributed by atoms with Crippen molar-refractivity contribution in [3.8, 4) is 22.5 Å². The number of para-hydroxylation sites is 1. The Morgan fingerprint density at radius 1 is 0.440 bits per heavy atom. The van der Waals surface area contributed by atoms with Gasteiger partial charge in [-0.1, -0.05) is 146 Å². The minimum Gasteiger partial charge on any atom is -0.281 e. The number of pyridine rings is 2. The molecule has 9 aromatic rings. The van der Waals surface area contributed by atoms with Crippen molar-refractivity contribution in [2.24, 2.45) is 4.99 Å². The summed E-state index contributed by atoms with van der Waals surface area (Å²) in [5, 5.41) is 12.0. The number of hydrogen-bond acceptors (Lipinski definition) is 3. The lowest BCUT2D eigenvalue weighted by molar-refractivity contribution is 1.12. The van der Waals surface area contributed by atoms with Gasteiger partial charge in [0.05, 0.1) is 34.3 Å². The van der Waals surface area contributed by atoms with E-state index in [-0.39, 0.29) is 0 Å². The van der Waals surface area contributed by atoms with E-state index < -0.39 is 0 Å². The van der Waals surface area contributed by atoms with Gasteiger partial charge in [0.15, 0.2) is 0 Å². The molecule has 50 heavy (non-hydrogen) atoms. The first kappa shape index (κ1) is 28.6. The van der Waals surface area contributed by atoms with E-state index in [9.17, 15) is 0 Å². The highest BCUT2D eigenvalue weighted by Gasteiger charge is 2.15. The molecule has 234 valence electrons. The van der Waals surface area contributed by atoms with Crippen LogP contribution in [0.4, 0.5) is 0 Å². The average Bonchev–Trinajstić information content (AvgIpc) is 3.18. The number of allylic oxidation sites excluding steroid dienone is 3. The van der Waals surface area contributed by atoms with Crippen LogP contribution in [-0.2, 0) is 0 Å². The van der Waals surface area contributed by atoms with Gasteiger partial charge in [-0.05, 0) is 68.1 Å². The first-order valence-electron chi connectivity index (χ1n) is 17.2. The first-order chi connectivity index (χ1) is 24.8. The predicted octanol–water partition coefficient (Wildman–Crippen LogP) is 10.3. The van der Waals surface area contributed by atoms with Crippen molar-refractivity contribution in [3.05, 3.63) is 180 Å². The third-order valence-electron chi connectivity index (χ3n) is 10.2. The van der Waals surface area contributed by atoms with E-state index in [1.54, 1.807) is 0 Å². The topological polar surface area (TPSA) is 38.1 Å². The summed E-state index contributed by atoms with van der Waals surface area (Å²) in [6, 6.07) is 50.1. The van der Waals surface area contributed by atoms with E-state index in [0.29, 0.717) is 6.54 Å². The maximum Gasteiger partial charge on any atom is 0.0972 e. The Kier molecular flexibility index (Phi) is 6.63. The summed E-state index contributed by atoms with van der Waals surface area (Å²) in [7, 11) is 0. The number of rotatable bonds is 3. The molecular formula is C47H31N3. The first-order valence-corrected chi connectivity index (χ1v) is 17.2. The summed E-state index contributed by atoms with van der Waals surface area (Å²) in [4.78, 5) is 15.4. The maximum atomic E-state index is 5.33. The standard InChI is InChI=1S/C47H31N3/c1-2-6-29-48-42-12-5-4-11-38(42)37(10-3-1)30-13-15-31(16-14-30)41-27-23-35-19-20-36-24-28-43(50-47(36)46(35)49-41)39-25-21-34-18-17-32-8-7-9-33-22-26-40(39)45(34)44(32)33/h1-9,11-28H,10,29H2/b3-1?,6-2-,38-37+,48-42?. The van der Waals surface area contributed by atoms with Crippen molar-refractivity contribution >= 4 is 59.7 Å². The van der Waals surface area contributed by atoms with Gasteiger partial charge in [0.1, 0.15) is 0 Å². The molecule has 3 nitrogen and oxygen atoms in total. The third-order valence-corrected chi connectivity index (χ3v) is 10.2. The van der Waals surface area contributed by atoms with E-state index >= 15 is 0 Å². The van der Waals surface area contributed by atoms with Crippen LogP contribution in [0.2, 0.25) is 0 Å². The molecule has 0 bridgehead atoms. The predicted molar refractivity (Wildman–Crippen MR) is 209 cm³/mol. The largest absolute Gasteiger partial charge is 0.281 e. The number of fused-ring (bicyclic) bond motifs is 4. The molecule has 0 saturated heterocycles. The van der Waals surface area contributed by atoms with Crippen LogP contribution in [0.1, 0.15) is 12.0 Å². The molecule has 0 spiro atoms. The summed E-state index contributed by atoms with van der Waals surface area (Å²) in [5.74, 6) is 0. The molecule has 0 N–H and O–H groups in total. The van der Waals surface area contributed by atoms with Crippen molar-refractivity contribution in [1.82, 2.24) is 9.97 Å². The van der Waals surface area contributed by atoms with Gasteiger partial charge < -0.3 is 0 Å². The highest BCUT2D eigenvalue weighted by Crippen LogP contribution is 2.39. The average molecular weight is 638 g/mol. The molecule has 2 aromatic heterocycles. The smallest absolute Gasteiger partial charge is 0.0972 e. The second kappa shape index (κ2) is 11.6. The minimum absolute atomic E-state index is 0.671. The van der Waals surface area contributed by atoms with Crippen molar-refractivity contribution in [3.63, 3.8) is 0 Å². The summed E-state index contributed by atoms with van der Waals surface area (Å²) in [6.07, 6.45) is 9.34. The Bertz CT molecular complexity index is 2950. The fourth-order valence-corrected chi connectivity index (χ4v) is 7.68. The van der Waals surface area contributed by atoms with E-state index in [1.165, 1.54) is 48.7 Å². The van der Waals surface area contributed by atoms with Crippen molar-refractivity contribution in [2.75, 3.05) is 6.54 Å². The number of aromatic nitrogens is 2. The normalized spacial score (nSPS) is 15.1. The van der Waals surface area contributed by atoms with Gasteiger partial charge >= 0.3 is 0 Å². The Morgan fingerprint density at radius 3 is 1.88 bits per heavy atom. The SMILES string of the molecule is C1=CC/C(c2ccc(-c3ccc4ccc5ccc(-c6ccc7ccc8cccc9ccc6c7c89)nc5c4n3)cc2)=c2/ccccc2=NC/C=C\1. The molecule has 1 aliphatic heterocycles. The Morgan fingerprint density at radius 2 is 1.06 bits per heavy atom. The molecule has 0 radical (unpaired) electrons. The monoisotopic (exact) mass is 637 g/mol. The third kappa shape index (κ3) is 4.70. The van der Waals surface area contributed by atoms with Crippen molar-refractivity contribution in [1.29, 1.82) is 0 Å². The molecule has 0 saturated carbocycles. The van der Waals surface area contributed by atoms with Crippen LogP contribution in [0.5, 0.6) is 0 Å². The van der Waals surface area contributed by atoms with Crippen LogP contribution in [0, 0.1) is 0 Å². The number of hydrogen-bond donors (Lipinski definition) is 0. The van der Waals surface area contributed by atoms with Gasteiger partial charge in [-0.2, -0.15) is 0 Å². The van der Waals surface area contributed by atoms with Crippen LogP contribution >= 0.6 is 0 Å². The van der Waals surface area contributed by atoms with E-state index in [4.69, 9.17) is 15.0 Å². The molecule has 0 aliphatic carbocycles. The van der Waals surface area contributed by atoms with Gasteiger partial charge in [-0.25, -0.2) is 9.97 Å². The number of benzene rings is 7. The summed E-state index contributed by atoms with van der Waals surface area (Å²) < 4.78 is 0. The van der Waals surface area contributed by atoms with Crippen LogP contribution in [0.3, 0.4) is 0 Å². The Labute approximate surface area is 289 Å². The highest BCUT2D eigenvalue weighted by molar-refractivity contribution is 6.25. The summed E-state index contributed by atoms with van der Waals surface area (Å²) >= 11 is 0. The lowest BCUT2D eigenvalue weighted by Gasteiger charge is -2.14. The maximum absolute atomic E-state index is 5.33. The van der Waals surface area contributed by atoms with Gasteiger partial charge in [0.25, 0.3) is 0 Å². The zero-order valence-electron chi connectivity index (χ0n) is 27.3. The molecule has 3 heterocycles. The molecule has 10 rings (SSSR count). The van der Waals surface area contributed by atoms with Crippen molar-refractivity contribution in [2.45, 2.75) is 6.42 Å². The zero-order chi connectivity index (χ0) is 33.0. The molecule has 0 unspecified atom stereocenters. The zero-order valence-corrected chi connectivity index (χ0v) is 27.3. The summed E-state index contributed by atoms with van der Waals surface area (Å²) in [6.45, 7) is 0.671. The molecule has 0 amide bonds.